The van der Waals surface area contributed by atoms with Gasteiger partial charge in [-0.05, 0) is 12.1 Å². The van der Waals surface area contributed by atoms with Crippen LogP contribution in [0.25, 0.3) is 32.7 Å². The molecule has 0 fully saturated rings. The Morgan fingerprint density at radius 2 is 1.67 bits per heavy atom. The van der Waals surface area contributed by atoms with Crippen LogP contribution in [0, 0.1) is 0 Å². The fourth-order valence-corrected chi connectivity index (χ4v) is 2.77. The first-order chi connectivity index (χ1) is 10.4. The van der Waals surface area contributed by atoms with Crippen molar-refractivity contribution in [3.8, 4) is 11.5 Å². The SMILES string of the molecule is c1ccc2c(c1)ncc1c3cc4c(cc3nnc21)OCO4. The highest BCUT2D eigenvalue weighted by molar-refractivity contribution is 6.13. The van der Waals surface area contributed by atoms with Crippen LogP contribution in [0.1, 0.15) is 0 Å². The van der Waals surface area contributed by atoms with Crippen molar-refractivity contribution >= 4 is 32.7 Å². The van der Waals surface area contributed by atoms with Gasteiger partial charge in [-0.1, -0.05) is 18.2 Å². The van der Waals surface area contributed by atoms with Gasteiger partial charge in [0, 0.05) is 28.4 Å². The van der Waals surface area contributed by atoms with E-state index in [0.717, 1.165) is 38.5 Å². The molecule has 100 valence electrons. The standard InChI is InChI=1S/C16H9N3O2/c1-2-4-12-9(3-1)16-11(7-17-12)10-5-14-15(21-8-20-14)6-13(10)18-19-16/h1-7H,8H2. The summed E-state index contributed by atoms with van der Waals surface area (Å²) in [4.78, 5) is 4.51. The van der Waals surface area contributed by atoms with Crippen LogP contribution in [0.4, 0.5) is 0 Å². The summed E-state index contributed by atoms with van der Waals surface area (Å²) in [6.45, 7) is 0.248. The number of pyridine rings is 1. The van der Waals surface area contributed by atoms with E-state index in [1.54, 1.807) is 0 Å². The predicted molar refractivity (Wildman–Crippen MR) is 78.5 cm³/mol. The number of rotatable bonds is 0. The summed E-state index contributed by atoms with van der Waals surface area (Å²) in [6, 6.07) is 11.7. The number of aromatic nitrogens is 3. The van der Waals surface area contributed by atoms with Crippen molar-refractivity contribution < 1.29 is 9.47 Å². The van der Waals surface area contributed by atoms with Gasteiger partial charge >= 0.3 is 0 Å². The van der Waals surface area contributed by atoms with Crippen LogP contribution in [0.3, 0.4) is 0 Å². The number of hydrogen-bond acceptors (Lipinski definition) is 5. The highest BCUT2D eigenvalue weighted by atomic mass is 16.7. The summed E-state index contributed by atoms with van der Waals surface area (Å²) in [7, 11) is 0. The quantitative estimate of drug-likeness (QED) is 0.462. The summed E-state index contributed by atoms with van der Waals surface area (Å²) in [5, 5.41) is 11.6. The summed E-state index contributed by atoms with van der Waals surface area (Å²) in [5.41, 5.74) is 2.55. The Morgan fingerprint density at radius 3 is 2.62 bits per heavy atom. The fraction of sp³-hybridized carbons (Fsp3) is 0.0625. The van der Waals surface area contributed by atoms with Crippen molar-refractivity contribution in [3.63, 3.8) is 0 Å². The first-order valence-electron chi connectivity index (χ1n) is 6.64. The second kappa shape index (κ2) is 3.79. The Labute approximate surface area is 119 Å². The zero-order valence-corrected chi connectivity index (χ0v) is 10.9. The van der Waals surface area contributed by atoms with E-state index in [1.165, 1.54) is 0 Å². The molecule has 0 unspecified atom stereocenters. The van der Waals surface area contributed by atoms with Gasteiger partial charge in [0.15, 0.2) is 11.5 Å². The zero-order valence-electron chi connectivity index (χ0n) is 10.9. The van der Waals surface area contributed by atoms with Crippen LogP contribution in [0.2, 0.25) is 0 Å². The molecule has 0 saturated heterocycles. The van der Waals surface area contributed by atoms with Crippen LogP contribution in [-0.2, 0) is 0 Å². The maximum Gasteiger partial charge on any atom is 0.231 e. The molecule has 5 heteroatoms. The molecule has 5 rings (SSSR count). The first kappa shape index (κ1) is 10.8. The topological polar surface area (TPSA) is 57.1 Å². The Bertz CT molecular complexity index is 1030. The summed E-state index contributed by atoms with van der Waals surface area (Å²) in [5.74, 6) is 1.45. The molecule has 0 N–H and O–H groups in total. The molecular formula is C16H9N3O2. The molecule has 0 radical (unpaired) electrons. The predicted octanol–water partition coefficient (Wildman–Crippen LogP) is 3.06. The van der Waals surface area contributed by atoms with Crippen LogP contribution in [0.15, 0.2) is 42.6 Å². The number of nitrogens with zero attached hydrogens (tertiary/aromatic N) is 3. The van der Waals surface area contributed by atoms with E-state index in [-0.39, 0.29) is 6.79 Å². The van der Waals surface area contributed by atoms with E-state index in [0.29, 0.717) is 5.75 Å². The molecular weight excluding hydrogens is 266 g/mol. The second-order valence-corrected chi connectivity index (χ2v) is 4.96. The number of para-hydroxylation sites is 1. The number of fused-ring (bicyclic) bond motifs is 6. The monoisotopic (exact) mass is 275 g/mol. The second-order valence-electron chi connectivity index (χ2n) is 4.96. The molecule has 0 amide bonds. The molecule has 21 heavy (non-hydrogen) atoms. The number of ether oxygens (including phenoxy) is 2. The molecule has 0 saturated carbocycles. The largest absolute Gasteiger partial charge is 0.454 e. The lowest BCUT2D eigenvalue weighted by molar-refractivity contribution is 0.174. The molecule has 4 aromatic rings. The Balaban J connectivity index is 1.98. The van der Waals surface area contributed by atoms with Crippen LogP contribution >= 0.6 is 0 Å². The third-order valence-electron chi connectivity index (χ3n) is 3.79. The van der Waals surface area contributed by atoms with Gasteiger partial charge in [0.25, 0.3) is 0 Å². The van der Waals surface area contributed by atoms with Crippen molar-refractivity contribution in [3.05, 3.63) is 42.6 Å². The smallest absolute Gasteiger partial charge is 0.231 e. The fourth-order valence-electron chi connectivity index (χ4n) is 2.77. The molecule has 2 aromatic carbocycles. The normalized spacial score (nSPS) is 13.3. The van der Waals surface area contributed by atoms with Gasteiger partial charge in [0.2, 0.25) is 6.79 Å². The lowest BCUT2D eigenvalue weighted by Crippen LogP contribution is -1.92. The highest BCUT2D eigenvalue weighted by Gasteiger charge is 2.17. The molecule has 2 aromatic heterocycles. The van der Waals surface area contributed by atoms with Crippen LogP contribution < -0.4 is 9.47 Å². The average molecular weight is 275 g/mol. The molecule has 0 atom stereocenters. The minimum atomic E-state index is 0.248. The van der Waals surface area contributed by atoms with Gasteiger partial charge in [-0.2, -0.15) is 0 Å². The molecule has 5 nitrogen and oxygen atoms in total. The Kier molecular flexibility index (Phi) is 1.95. The third kappa shape index (κ3) is 1.43. The number of benzene rings is 2. The van der Waals surface area contributed by atoms with Gasteiger partial charge in [0.05, 0.1) is 11.0 Å². The maximum absolute atomic E-state index is 5.45. The van der Waals surface area contributed by atoms with Gasteiger partial charge in [0.1, 0.15) is 5.52 Å². The molecule has 3 heterocycles. The van der Waals surface area contributed by atoms with Crippen molar-refractivity contribution in [2.45, 2.75) is 0 Å². The van der Waals surface area contributed by atoms with Gasteiger partial charge in [-0.25, -0.2) is 0 Å². The molecule has 1 aliphatic heterocycles. The van der Waals surface area contributed by atoms with E-state index >= 15 is 0 Å². The summed E-state index contributed by atoms with van der Waals surface area (Å²) >= 11 is 0. The van der Waals surface area contributed by atoms with Crippen molar-refractivity contribution in [2.24, 2.45) is 0 Å². The molecule has 0 bridgehead atoms. The Morgan fingerprint density at radius 1 is 0.810 bits per heavy atom. The summed E-state index contributed by atoms with van der Waals surface area (Å²) in [6.07, 6.45) is 1.84. The van der Waals surface area contributed by atoms with Crippen LogP contribution in [-0.4, -0.2) is 22.0 Å². The van der Waals surface area contributed by atoms with E-state index in [4.69, 9.17) is 9.47 Å². The van der Waals surface area contributed by atoms with Gasteiger partial charge in [-0.3, -0.25) is 4.98 Å². The van der Waals surface area contributed by atoms with E-state index in [2.05, 4.69) is 15.2 Å². The van der Waals surface area contributed by atoms with E-state index in [9.17, 15) is 0 Å². The molecule has 1 aliphatic rings. The first-order valence-corrected chi connectivity index (χ1v) is 6.64. The average Bonchev–Trinajstić information content (AvgIpc) is 2.99. The van der Waals surface area contributed by atoms with Gasteiger partial charge in [-0.15, -0.1) is 10.2 Å². The maximum atomic E-state index is 5.45. The van der Waals surface area contributed by atoms with E-state index < -0.39 is 0 Å². The summed E-state index contributed by atoms with van der Waals surface area (Å²) < 4.78 is 10.8. The number of hydrogen-bond donors (Lipinski definition) is 0. The highest BCUT2D eigenvalue weighted by Crippen LogP contribution is 2.37. The van der Waals surface area contributed by atoms with Gasteiger partial charge < -0.3 is 9.47 Å². The lowest BCUT2D eigenvalue weighted by atomic mass is 10.1. The van der Waals surface area contributed by atoms with Crippen molar-refractivity contribution in [2.75, 3.05) is 6.79 Å². The van der Waals surface area contributed by atoms with Crippen molar-refractivity contribution in [1.82, 2.24) is 15.2 Å². The lowest BCUT2D eigenvalue weighted by Gasteiger charge is -2.05. The minimum Gasteiger partial charge on any atom is -0.454 e. The zero-order chi connectivity index (χ0) is 13.8. The Hall–Kier alpha value is -2.95. The molecule has 0 spiro atoms. The van der Waals surface area contributed by atoms with E-state index in [1.807, 2.05) is 42.6 Å². The third-order valence-corrected chi connectivity index (χ3v) is 3.79. The minimum absolute atomic E-state index is 0.248. The molecule has 0 aliphatic carbocycles. The van der Waals surface area contributed by atoms with Crippen molar-refractivity contribution in [1.29, 1.82) is 0 Å². The van der Waals surface area contributed by atoms with Crippen LogP contribution in [0.5, 0.6) is 11.5 Å².